The second-order valence-electron chi connectivity index (χ2n) is 6.35. The van der Waals surface area contributed by atoms with Crippen LogP contribution in [0.4, 0.5) is 0 Å². The Labute approximate surface area is 124 Å². The molecule has 0 N–H and O–H groups in total. The van der Waals surface area contributed by atoms with Crippen LogP contribution in [0.3, 0.4) is 0 Å². The third-order valence-electron chi connectivity index (χ3n) is 3.56. The maximum Gasteiger partial charge on any atom is 0.123 e. The van der Waals surface area contributed by atoms with Gasteiger partial charge in [-0.15, -0.1) is 11.3 Å². The van der Waals surface area contributed by atoms with Crippen LogP contribution in [0.1, 0.15) is 31.9 Å². The lowest BCUT2D eigenvalue weighted by Gasteiger charge is -2.20. The van der Waals surface area contributed by atoms with Gasteiger partial charge in [0.05, 0.1) is 5.69 Å². The van der Waals surface area contributed by atoms with Crippen molar-refractivity contribution in [3.63, 3.8) is 0 Å². The minimum atomic E-state index is 0.161. The summed E-state index contributed by atoms with van der Waals surface area (Å²) in [6.45, 7) is 8.91. The number of fused-ring (bicyclic) bond motifs is 1. The van der Waals surface area contributed by atoms with E-state index in [1.54, 1.807) is 11.3 Å². The Kier molecular flexibility index (Phi) is 3.14. The summed E-state index contributed by atoms with van der Waals surface area (Å²) in [4.78, 5) is 5.90. The van der Waals surface area contributed by atoms with E-state index in [4.69, 9.17) is 4.98 Å². The number of aromatic nitrogens is 1. The molecule has 3 rings (SSSR count). The molecule has 0 spiro atoms. The first-order valence-electron chi connectivity index (χ1n) is 6.90. The number of nitrogens with zero attached hydrogens (tertiary/aromatic N) is 1. The summed E-state index contributed by atoms with van der Waals surface area (Å²) in [5.74, 6) is 0. The van der Waals surface area contributed by atoms with E-state index < -0.39 is 0 Å². The van der Waals surface area contributed by atoms with E-state index >= 15 is 0 Å². The summed E-state index contributed by atoms with van der Waals surface area (Å²) in [5.41, 5.74) is 5.09. The van der Waals surface area contributed by atoms with E-state index in [1.807, 2.05) is 0 Å². The number of benzene rings is 1. The van der Waals surface area contributed by atoms with Crippen LogP contribution in [0.2, 0.25) is 0 Å². The molecule has 0 radical (unpaired) electrons. The molecule has 102 valence electrons. The highest BCUT2D eigenvalue weighted by Gasteiger charge is 2.15. The normalized spacial score (nSPS) is 12.0. The number of aryl methyl sites for hydroxylation is 1. The predicted octanol–water partition coefficient (Wildman–Crippen LogP) is 5.57. The van der Waals surface area contributed by atoms with E-state index in [-0.39, 0.29) is 5.41 Å². The lowest BCUT2D eigenvalue weighted by atomic mass is 9.85. The van der Waals surface area contributed by atoms with Crippen LogP contribution in [-0.4, -0.2) is 4.98 Å². The molecule has 0 bridgehead atoms. The highest BCUT2D eigenvalue weighted by Crippen LogP contribution is 2.30. The summed E-state index contributed by atoms with van der Waals surface area (Å²) in [5, 5.41) is 3.32. The minimum Gasteiger partial charge on any atom is -0.237 e. The van der Waals surface area contributed by atoms with Crippen molar-refractivity contribution in [1.82, 2.24) is 4.98 Å². The Morgan fingerprint density at radius 2 is 1.80 bits per heavy atom. The first-order valence-corrected chi connectivity index (χ1v) is 7.78. The number of thiophene rings is 1. The predicted molar refractivity (Wildman–Crippen MR) is 88.5 cm³/mol. The molecule has 0 fully saturated rings. The summed E-state index contributed by atoms with van der Waals surface area (Å²) in [6, 6.07) is 13.2. The lowest BCUT2D eigenvalue weighted by Crippen LogP contribution is -2.11. The van der Waals surface area contributed by atoms with Crippen LogP contribution >= 0.6 is 11.3 Å². The molecule has 2 heteroatoms. The second-order valence-corrected chi connectivity index (χ2v) is 7.24. The molecule has 20 heavy (non-hydrogen) atoms. The van der Waals surface area contributed by atoms with Gasteiger partial charge in [-0.3, -0.25) is 0 Å². The Balaban J connectivity index is 2.15. The fourth-order valence-electron chi connectivity index (χ4n) is 2.37. The number of hydrogen-bond acceptors (Lipinski definition) is 2. The molecule has 1 nitrogen and oxygen atoms in total. The molecule has 1 aromatic carbocycles. The summed E-state index contributed by atoms with van der Waals surface area (Å²) in [6.07, 6.45) is 0. The summed E-state index contributed by atoms with van der Waals surface area (Å²) < 4.78 is 0. The number of hydrogen-bond donors (Lipinski definition) is 0. The molecule has 2 aromatic heterocycles. The van der Waals surface area contributed by atoms with Crippen molar-refractivity contribution in [1.29, 1.82) is 0 Å². The van der Waals surface area contributed by atoms with Gasteiger partial charge in [0, 0.05) is 10.9 Å². The molecule has 0 saturated carbocycles. The maximum atomic E-state index is 4.79. The fraction of sp³-hybridized carbons (Fsp3) is 0.278. The van der Waals surface area contributed by atoms with Crippen molar-refractivity contribution >= 4 is 21.6 Å². The van der Waals surface area contributed by atoms with Gasteiger partial charge in [-0.25, -0.2) is 4.98 Å². The Morgan fingerprint density at radius 3 is 2.55 bits per heavy atom. The van der Waals surface area contributed by atoms with Gasteiger partial charge in [0.2, 0.25) is 0 Å². The zero-order valence-electron chi connectivity index (χ0n) is 12.4. The molecule has 0 amide bonds. The van der Waals surface area contributed by atoms with E-state index in [9.17, 15) is 0 Å². The Hall–Kier alpha value is -1.67. The van der Waals surface area contributed by atoms with Gasteiger partial charge >= 0.3 is 0 Å². The Bertz CT molecular complexity index is 762. The smallest absolute Gasteiger partial charge is 0.123 e. The second kappa shape index (κ2) is 4.71. The van der Waals surface area contributed by atoms with Crippen molar-refractivity contribution in [2.45, 2.75) is 33.1 Å². The van der Waals surface area contributed by atoms with Crippen LogP contribution in [0.15, 0.2) is 41.8 Å². The van der Waals surface area contributed by atoms with Gasteiger partial charge in [0.25, 0.3) is 0 Å². The zero-order valence-corrected chi connectivity index (χ0v) is 13.2. The first-order chi connectivity index (χ1) is 9.43. The van der Waals surface area contributed by atoms with Crippen molar-refractivity contribution in [3.8, 4) is 11.3 Å². The van der Waals surface area contributed by atoms with E-state index in [0.29, 0.717) is 0 Å². The molecule has 2 heterocycles. The molecule has 0 unspecified atom stereocenters. The van der Waals surface area contributed by atoms with Gasteiger partial charge in [0.1, 0.15) is 4.83 Å². The fourth-order valence-corrected chi connectivity index (χ4v) is 3.14. The number of pyridine rings is 1. The van der Waals surface area contributed by atoms with E-state index in [2.05, 4.69) is 69.5 Å². The van der Waals surface area contributed by atoms with Crippen LogP contribution < -0.4 is 0 Å². The summed E-state index contributed by atoms with van der Waals surface area (Å²) in [7, 11) is 0. The summed E-state index contributed by atoms with van der Waals surface area (Å²) >= 11 is 1.70. The third kappa shape index (κ3) is 2.48. The quantitative estimate of drug-likeness (QED) is 0.568. The van der Waals surface area contributed by atoms with Gasteiger partial charge in [-0.1, -0.05) is 32.4 Å². The van der Waals surface area contributed by atoms with Crippen molar-refractivity contribution in [3.05, 3.63) is 52.9 Å². The van der Waals surface area contributed by atoms with Crippen LogP contribution in [0, 0.1) is 6.92 Å². The average molecular weight is 281 g/mol. The van der Waals surface area contributed by atoms with Crippen molar-refractivity contribution < 1.29 is 0 Å². The highest BCUT2D eigenvalue weighted by atomic mass is 32.1. The van der Waals surface area contributed by atoms with Crippen LogP contribution in [0.25, 0.3) is 21.5 Å². The third-order valence-corrected chi connectivity index (χ3v) is 4.38. The molecular formula is C18H19NS. The standard InChI is InChI=1S/C18H19NS/c1-12-9-14(11-15(10-12)18(2,3)4)16-6-5-13-7-8-20-17(13)19-16/h5-11H,1-4H3. The average Bonchev–Trinajstić information content (AvgIpc) is 2.84. The molecule has 0 atom stereocenters. The monoisotopic (exact) mass is 281 g/mol. The van der Waals surface area contributed by atoms with E-state index in [0.717, 1.165) is 10.5 Å². The maximum absolute atomic E-state index is 4.79. The molecule has 0 aliphatic rings. The Morgan fingerprint density at radius 1 is 1.00 bits per heavy atom. The van der Waals surface area contributed by atoms with Crippen LogP contribution in [0.5, 0.6) is 0 Å². The molecular weight excluding hydrogens is 262 g/mol. The lowest BCUT2D eigenvalue weighted by molar-refractivity contribution is 0.590. The topological polar surface area (TPSA) is 12.9 Å². The van der Waals surface area contributed by atoms with Crippen LogP contribution in [-0.2, 0) is 5.41 Å². The molecule has 0 aliphatic heterocycles. The van der Waals surface area contributed by atoms with Gasteiger partial charge in [0.15, 0.2) is 0 Å². The molecule has 0 saturated heterocycles. The van der Waals surface area contributed by atoms with E-state index in [1.165, 1.54) is 22.1 Å². The van der Waals surface area contributed by atoms with Gasteiger partial charge < -0.3 is 0 Å². The van der Waals surface area contributed by atoms with Gasteiger partial charge in [-0.2, -0.15) is 0 Å². The van der Waals surface area contributed by atoms with Crippen molar-refractivity contribution in [2.24, 2.45) is 0 Å². The van der Waals surface area contributed by atoms with Gasteiger partial charge in [-0.05, 0) is 53.6 Å². The largest absolute Gasteiger partial charge is 0.237 e. The molecule has 3 aromatic rings. The first kappa shape index (κ1) is 13.3. The highest BCUT2D eigenvalue weighted by molar-refractivity contribution is 7.16. The zero-order chi connectivity index (χ0) is 14.3. The SMILES string of the molecule is Cc1cc(-c2ccc3ccsc3n2)cc(C(C)(C)C)c1. The van der Waals surface area contributed by atoms with Crippen molar-refractivity contribution in [2.75, 3.05) is 0 Å². The molecule has 0 aliphatic carbocycles. The number of rotatable bonds is 1. The minimum absolute atomic E-state index is 0.161.